The maximum Gasteiger partial charge on any atom is 0.128 e. The van der Waals surface area contributed by atoms with Crippen LogP contribution in [0.2, 0.25) is 0 Å². The standard InChI is InChI=1S/C17H18N2O/c1-2-20-17-7-3-6-16-15(17)9-12-19(16)11-8-14-5-4-10-18-13-14/h3-7,9-10,12-13H,2,8,11H2,1H3. The van der Waals surface area contributed by atoms with Gasteiger partial charge < -0.3 is 9.30 Å². The van der Waals surface area contributed by atoms with E-state index in [-0.39, 0.29) is 0 Å². The summed E-state index contributed by atoms with van der Waals surface area (Å²) in [5.74, 6) is 0.963. The molecule has 0 saturated heterocycles. The van der Waals surface area contributed by atoms with Crippen molar-refractivity contribution in [1.82, 2.24) is 9.55 Å². The summed E-state index contributed by atoms with van der Waals surface area (Å²) in [6, 6.07) is 12.4. The molecule has 0 spiro atoms. The highest BCUT2D eigenvalue weighted by Gasteiger charge is 2.06. The maximum atomic E-state index is 5.67. The molecule has 0 aliphatic rings. The lowest BCUT2D eigenvalue weighted by Gasteiger charge is -2.07. The van der Waals surface area contributed by atoms with E-state index in [9.17, 15) is 0 Å². The number of hydrogen-bond acceptors (Lipinski definition) is 2. The van der Waals surface area contributed by atoms with Gasteiger partial charge in [-0.2, -0.15) is 0 Å². The predicted octanol–water partition coefficient (Wildman–Crippen LogP) is 3.68. The fourth-order valence-electron chi connectivity index (χ4n) is 2.47. The SMILES string of the molecule is CCOc1cccc2c1ccn2CCc1cccnc1. The zero-order valence-corrected chi connectivity index (χ0v) is 11.6. The van der Waals surface area contributed by atoms with Crippen LogP contribution in [-0.2, 0) is 13.0 Å². The molecule has 0 aliphatic heterocycles. The van der Waals surface area contributed by atoms with Crippen molar-refractivity contribution in [1.29, 1.82) is 0 Å². The van der Waals surface area contributed by atoms with E-state index in [2.05, 4.69) is 33.9 Å². The lowest BCUT2D eigenvalue weighted by molar-refractivity contribution is 0.344. The first-order valence-electron chi connectivity index (χ1n) is 6.98. The van der Waals surface area contributed by atoms with Crippen molar-refractivity contribution in [2.75, 3.05) is 6.61 Å². The molecular formula is C17H18N2O. The number of hydrogen-bond donors (Lipinski definition) is 0. The second-order valence-electron chi connectivity index (χ2n) is 4.74. The molecule has 3 aromatic rings. The van der Waals surface area contributed by atoms with Crippen LogP contribution < -0.4 is 4.74 Å². The Morgan fingerprint density at radius 2 is 2.10 bits per heavy atom. The van der Waals surface area contributed by atoms with E-state index in [1.807, 2.05) is 37.5 Å². The first-order valence-corrected chi connectivity index (χ1v) is 6.98. The second kappa shape index (κ2) is 5.78. The van der Waals surface area contributed by atoms with Gasteiger partial charge in [0.05, 0.1) is 12.1 Å². The molecule has 0 amide bonds. The first-order chi connectivity index (χ1) is 9.88. The highest BCUT2D eigenvalue weighted by Crippen LogP contribution is 2.26. The first kappa shape index (κ1) is 12.7. The Kier molecular flexibility index (Phi) is 3.68. The Morgan fingerprint density at radius 3 is 2.90 bits per heavy atom. The normalized spacial score (nSPS) is 10.8. The highest BCUT2D eigenvalue weighted by atomic mass is 16.5. The van der Waals surface area contributed by atoms with Gasteiger partial charge in [0.2, 0.25) is 0 Å². The Balaban J connectivity index is 1.84. The molecule has 3 heteroatoms. The Labute approximate surface area is 118 Å². The lowest BCUT2D eigenvalue weighted by atomic mass is 10.2. The van der Waals surface area contributed by atoms with Crippen molar-refractivity contribution >= 4 is 10.9 Å². The largest absolute Gasteiger partial charge is 0.493 e. The van der Waals surface area contributed by atoms with Crippen LogP contribution in [-0.4, -0.2) is 16.2 Å². The molecule has 3 rings (SSSR count). The molecule has 0 unspecified atom stereocenters. The number of fused-ring (bicyclic) bond motifs is 1. The van der Waals surface area contributed by atoms with Gasteiger partial charge >= 0.3 is 0 Å². The number of nitrogens with zero attached hydrogens (tertiary/aromatic N) is 2. The van der Waals surface area contributed by atoms with Crippen LogP contribution in [0.5, 0.6) is 5.75 Å². The third-order valence-electron chi connectivity index (χ3n) is 3.44. The molecule has 0 radical (unpaired) electrons. The van der Waals surface area contributed by atoms with Gasteiger partial charge in [-0.1, -0.05) is 12.1 Å². The molecule has 102 valence electrons. The Morgan fingerprint density at radius 1 is 1.15 bits per heavy atom. The summed E-state index contributed by atoms with van der Waals surface area (Å²) in [5, 5.41) is 1.18. The number of pyridine rings is 1. The van der Waals surface area contributed by atoms with Gasteiger partial charge in [-0.15, -0.1) is 0 Å². The predicted molar refractivity (Wildman–Crippen MR) is 81.0 cm³/mol. The summed E-state index contributed by atoms with van der Waals surface area (Å²) in [6.07, 6.45) is 6.85. The highest BCUT2D eigenvalue weighted by molar-refractivity contribution is 5.86. The molecule has 0 N–H and O–H groups in total. The molecule has 0 fully saturated rings. The van der Waals surface area contributed by atoms with Crippen LogP contribution in [0.1, 0.15) is 12.5 Å². The van der Waals surface area contributed by atoms with Crippen LogP contribution in [0.15, 0.2) is 55.0 Å². The van der Waals surface area contributed by atoms with E-state index in [0.29, 0.717) is 6.61 Å². The van der Waals surface area contributed by atoms with Crippen LogP contribution in [0, 0.1) is 0 Å². The molecule has 0 saturated carbocycles. The monoisotopic (exact) mass is 266 g/mol. The quantitative estimate of drug-likeness (QED) is 0.704. The summed E-state index contributed by atoms with van der Waals surface area (Å²) in [4.78, 5) is 4.16. The average Bonchev–Trinajstić information content (AvgIpc) is 2.91. The Hall–Kier alpha value is -2.29. The third kappa shape index (κ3) is 2.52. The minimum atomic E-state index is 0.694. The van der Waals surface area contributed by atoms with Crippen LogP contribution in [0.3, 0.4) is 0 Å². The van der Waals surface area contributed by atoms with Crippen LogP contribution in [0.4, 0.5) is 0 Å². The zero-order valence-electron chi connectivity index (χ0n) is 11.6. The molecule has 3 nitrogen and oxygen atoms in total. The summed E-state index contributed by atoms with van der Waals surface area (Å²) < 4.78 is 7.94. The van der Waals surface area contributed by atoms with E-state index in [4.69, 9.17) is 4.74 Å². The van der Waals surface area contributed by atoms with E-state index in [1.54, 1.807) is 0 Å². The van der Waals surface area contributed by atoms with E-state index in [1.165, 1.54) is 16.5 Å². The Bertz CT molecular complexity index is 689. The minimum Gasteiger partial charge on any atom is -0.493 e. The second-order valence-corrected chi connectivity index (χ2v) is 4.74. The number of rotatable bonds is 5. The fourth-order valence-corrected chi connectivity index (χ4v) is 2.47. The smallest absolute Gasteiger partial charge is 0.128 e. The summed E-state index contributed by atoms with van der Waals surface area (Å²) in [6.45, 7) is 3.66. The molecule has 2 aromatic heterocycles. The molecule has 20 heavy (non-hydrogen) atoms. The van der Waals surface area contributed by atoms with Crippen molar-refractivity contribution in [3.05, 3.63) is 60.6 Å². The van der Waals surface area contributed by atoms with Gasteiger partial charge in [0.15, 0.2) is 0 Å². The van der Waals surface area contributed by atoms with Crippen molar-refractivity contribution < 1.29 is 4.74 Å². The summed E-state index contributed by atoms with van der Waals surface area (Å²) >= 11 is 0. The number of benzene rings is 1. The van der Waals surface area contributed by atoms with Crippen molar-refractivity contribution in [2.45, 2.75) is 19.9 Å². The summed E-state index contributed by atoms with van der Waals surface area (Å²) in [7, 11) is 0. The molecule has 1 aromatic carbocycles. The van der Waals surface area contributed by atoms with Gasteiger partial charge in [-0.3, -0.25) is 4.98 Å². The van der Waals surface area contributed by atoms with Crippen molar-refractivity contribution in [3.8, 4) is 5.75 Å². The van der Waals surface area contributed by atoms with Crippen LogP contribution in [0.25, 0.3) is 10.9 Å². The van der Waals surface area contributed by atoms with Crippen LogP contribution >= 0.6 is 0 Å². The van der Waals surface area contributed by atoms with Crippen molar-refractivity contribution in [3.63, 3.8) is 0 Å². The van der Waals surface area contributed by atoms with Crippen molar-refractivity contribution in [2.24, 2.45) is 0 Å². The average molecular weight is 266 g/mol. The van der Waals surface area contributed by atoms with Gasteiger partial charge in [0.25, 0.3) is 0 Å². The maximum absolute atomic E-state index is 5.67. The molecule has 0 bridgehead atoms. The fraction of sp³-hybridized carbons (Fsp3) is 0.235. The van der Waals surface area contributed by atoms with Gasteiger partial charge in [0, 0.05) is 30.5 Å². The molecular weight excluding hydrogens is 248 g/mol. The third-order valence-corrected chi connectivity index (χ3v) is 3.44. The van der Waals surface area contributed by atoms with Gasteiger partial charge in [-0.25, -0.2) is 0 Å². The van der Waals surface area contributed by atoms with E-state index < -0.39 is 0 Å². The molecule has 0 atom stereocenters. The number of ether oxygens (including phenoxy) is 1. The topological polar surface area (TPSA) is 27.1 Å². The number of aromatic nitrogens is 2. The van der Waals surface area contributed by atoms with Gasteiger partial charge in [-0.05, 0) is 43.2 Å². The van der Waals surface area contributed by atoms with Gasteiger partial charge in [0.1, 0.15) is 5.75 Å². The zero-order chi connectivity index (χ0) is 13.8. The van der Waals surface area contributed by atoms with E-state index >= 15 is 0 Å². The summed E-state index contributed by atoms with van der Waals surface area (Å²) in [5.41, 5.74) is 2.48. The molecule has 2 heterocycles. The van der Waals surface area contributed by atoms with E-state index in [0.717, 1.165) is 18.7 Å². The molecule has 0 aliphatic carbocycles. The number of aryl methyl sites for hydroxylation is 2. The lowest BCUT2D eigenvalue weighted by Crippen LogP contribution is -2.00. The minimum absolute atomic E-state index is 0.694.